The number of methoxy groups -OCH3 is 1. The average molecular weight is 283 g/mol. The largest absolute Gasteiger partial charge is 0.375 e. The molecule has 0 aliphatic carbocycles. The number of likely N-dealkylation sites (tertiary alicyclic amines) is 2. The van der Waals surface area contributed by atoms with E-state index in [-0.39, 0.29) is 12.5 Å². The van der Waals surface area contributed by atoms with E-state index in [0.29, 0.717) is 12.1 Å². The number of piperidine rings is 1. The third-order valence-electron chi connectivity index (χ3n) is 4.54. The van der Waals surface area contributed by atoms with E-state index in [1.54, 1.807) is 7.11 Å². The minimum atomic E-state index is 0.127. The van der Waals surface area contributed by atoms with Gasteiger partial charge in [-0.25, -0.2) is 0 Å². The second-order valence-electron chi connectivity index (χ2n) is 6.19. The van der Waals surface area contributed by atoms with Crippen LogP contribution >= 0.6 is 0 Å². The SMILES string of the molecule is COCC(=O)N1CCC(NC2CCCN(C)CC2)CC1. The average Bonchev–Trinajstić information content (AvgIpc) is 2.65. The standard InChI is InChI=1S/C15H29N3O2/c1-17-8-3-4-13(5-9-17)16-14-6-10-18(11-7-14)15(19)12-20-2/h13-14,16H,3-12H2,1-2H3. The lowest BCUT2D eigenvalue weighted by atomic mass is 10.0. The van der Waals surface area contributed by atoms with Crippen molar-refractivity contribution >= 4 is 5.91 Å². The predicted molar refractivity (Wildman–Crippen MR) is 79.7 cm³/mol. The molecule has 1 amide bonds. The van der Waals surface area contributed by atoms with Crippen LogP contribution in [0.15, 0.2) is 0 Å². The molecule has 2 aliphatic rings. The summed E-state index contributed by atoms with van der Waals surface area (Å²) < 4.78 is 4.92. The van der Waals surface area contributed by atoms with Crippen LogP contribution in [0.5, 0.6) is 0 Å². The summed E-state index contributed by atoms with van der Waals surface area (Å²) in [6.45, 7) is 4.37. The van der Waals surface area contributed by atoms with E-state index in [1.165, 1.54) is 32.4 Å². The Morgan fingerprint density at radius 2 is 1.75 bits per heavy atom. The quantitative estimate of drug-likeness (QED) is 0.825. The summed E-state index contributed by atoms with van der Waals surface area (Å²) in [4.78, 5) is 16.1. The summed E-state index contributed by atoms with van der Waals surface area (Å²) in [7, 11) is 3.79. The first-order chi connectivity index (χ1) is 9.69. The summed E-state index contributed by atoms with van der Waals surface area (Å²) >= 11 is 0. The molecule has 0 aromatic carbocycles. The highest BCUT2D eigenvalue weighted by Gasteiger charge is 2.24. The lowest BCUT2D eigenvalue weighted by Gasteiger charge is -2.34. The van der Waals surface area contributed by atoms with Crippen LogP contribution in [0.1, 0.15) is 32.1 Å². The number of nitrogens with one attached hydrogen (secondary N) is 1. The number of hydrogen-bond acceptors (Lipinski definition) is 4. The third kappa shape index (κ3) is 4.72. The smallest absolute Gasteiger partial charge is 0.248 e. The maximum atomic E-state index is 11.8. The molecule has 2 saturated heterocycles. The Morgan fingerprint density at radius 3 is 2.45 bits per heavy atom. The maximum absolute atomic E-state index is 11.8. The molecule has 1 atom stereocenters. The van der Waals surface area contributed by atoms with Crippen LogP contribution in [0.25, 0.3) is 0 Å². The highest BCUT2D eigenvalue weighted by molar-refractivity contribution is 5.77. The van der Waals surface area contributed by atoms with E-state index in [1.807, 2.05) is 4.90 Å². The Kier molecular flexibility index (Phi) is 6.26. The van der Waals surface area contributed by atoms with Gasteiger partial charge in [0.05, 0.1) is 0 Å². The van der Waals surface area contributed by atoms with Gasteiger partial charge in [-0.15, -0.1) is 0 Å². The number of amides is 1. The van der Waals surface area contributed by atoms with Crippen LogP contribution < -0.4 is 5.32 Å². The Bertz CT molecular complexity index is 303. The van der Waals surface area contributed by atoms with Crippen molar-refractivity contribution < 1.29 is 9.53 Å². The molecule has 2 fully saturated rings. The fraction of sp³-hybridized carbons (Fsp3) is 0.933. The van der Waals surface area contributed by atoms with Gasteiger partial charge in [-0.3, -0.25) is 4.79 Å². The zero-order valence-electron chi connectivity index (χ0n) is 12.9. The zero-order valence-corrected chi connectivity index (χ0v) is 12.9. The van der Waals surface area contributed by atoms with Gasteiger partial charge >= 0.3 is 0 Å². The molecule has 0 aromatic rings. The van der Waals surface area contributed by atoms with Crippen LogP contribution in [0.2, 0.25) is 0 Å². The van der Waals surface area contributed by atoms with Crippen molar-refractivity contribution in [3.05, 3.63) is 0 Å². The Labute approximate surface area is 122 Å². The van der Waals surface area contributed by atoms with E-state index in [9.17, 15) is 4.79 Å². The van der Waals surface area contributed by atoms with E-state index in [2.05, 4.69) is 17.3 Å². The van der Waals surface area contributed by atoms with Crippen LogP contribution in [0.3, 0.4) is 0 Å². The predicted octanol–water partition coefficient (Wildman–Crippen LogP) is 0.698. The number of ether oxygens (including phenoxy) is 1. The van der Waals surface area contributed by atoms with Gasteiger partial charge in [-0.05, 0) is 52.2 Å². The van der Waals surface area contributed by atoms with Crippen LogP contribution in [0, 0.1) is 0 Å². The van der Waals surface area contributed by atoms with Crippen molar-refractivity contribution in [2.75, 3.05) is 46.9 Å². The van der Waals surface area contributed by atoms with Crippen molar-refractivity contribution in [3.8, 4) is 0 Å². The first kappa shape index (κ1) is 15.7. The van der Waals surface area contributed by atoms with Gasteiger partial charge in [-0.2, -0.15) is 0 Å². The van der Waals surface area contributed by atoms with Gasteiger partial charge in [0.15, 0.2) is 0 Å². The number of rotatable bonds is 4. The molecule has 1 unspecified atom stereocenters. The molecule has 0 radical (unpaired) electrons. The molecule has 116 valence electrons. The van der Waals surface area contributed by atoms with E-state index in [4.69, 9.17) is 4.74 Å². The van der Waals surface area contributed by atoms with Crippen molar-refractivity contribution in [2.24, 2.45) is 0 Å². The highest BCUT2D eigenvalue weighted by Crippen LogP contribution is 2.15. The minimum Gasteiger partial charge on any atom is -0.375 e. The molecule has 0 spiro atoms. The third-order valence-corrected chi connectivity index (χ3v) is 4.54. The second-order valence-corrected chi connectivity index (χ2v) is 6.19. The molecule has 0 saturated carbocycles. The van der Waals surface area contributed by atoms with Crippen LogP contribution in [-0.2, 0) is 9.53 Å². The normalized spacial score (nSPS) is 26.5. The summed E-state index contributed by atoms with van der Waals surface area (Å²) in [5.74, 6) is 0.127. The number of carbonyl (C=O) groups excluding carboxylic acids is 1. The molecule has 20 heavy (non-hydrogen) atoms. The first-order valence-electron chi connectivity index (χ1n) is 7.90. The maximum Gasteiger partial charge on any atom is 0.248 e. The lowest BCUT2D eigenvalue weighted by Crippen LogP contribution is -2.48. The highest BCUT2D eigenvalue weighted by atomic mass is 16.5. The van der Waals surface area contributed by atoms with E-state index < -0.39 is 0 Å². The summed E-state index contributed by atoms with van der Waals surface area (Å²) in [5, 5.41) is 3.81. The zero-order chi connectivity index (χ0) is 14.4. The Hall–Kier alpha value is -0.650. The van der Waals surface area contributed by atoms with Gasteiger partial charge in [0, 0.05) is 32.3 Å². The fourth-order valence-corrected chi connectivity index (χ4v) is 3.25. The molecule has 5 nitrogen and oxygen atoms in total. The van der Waals surface area contributed by atoms with Crippen molar-refractivity contribution in [1.29, 1.82) is 0 Å². The topological polar surface area (TPSA) is 44.8 Å². The van der Waals surface area contributed by atoms with Crippen LogP contribution in [-0.4, -0.2) is 74.7 Å². The van der Waals surface area contributed by atoms with E-state index in [0.717, 1.165) is 25.9 Å². The summed E-state index contributed by atoms with van der Waals surface area (Å²) in [5.41, 5.74) is 0. The van der Waals surface area contributed by atoms with Gasteiger partial charge < -0.3 is 19.9 Å². The fourth-order valence-electron chi connectivity index (χ4n) is 3.25. The number of carbonyl (C=O) groups is 1. The first-order valence-corrected chi connectivity index (χ1v) is 7.90. The van der Waals surface area contributed by atoms with Crippen LogP contribution in [0.4, 0.5) is 0 Å². The van der Waals surface area contributed by atoms with E-state index >= 15 is 0 Å². The van der Waals surface area contributed by atoms with Gasteiger partial charge in [0.1, 0.15) is 6.61 Å². The minimum absolute atomic E-state index is 0.127. The Balaban J connectivity index is 1.70. The molecule has 5 heteroatoms. The van der Waals surface area contributed by atoms with Gasteiger partial charge in [0.25, 0.3) is 0 Å². The van der Waals surface area contributed by atoms with Crippen molar-refractivity contribution in [1.82, 2.24) is 15.1 Å². The molecule has 2 aliphatic heterocycles. The van der Waals surface area contributed by atoms with Crippen molar-refractivity contribution in [3.63, 3.8) is 0 Å². The Morgan fingerprint density at radius 1 is 1.10 bits per heavy atom. The molecular weight excluding hydrogens is 254 g/mol. The number of nitrogens with zero attached hydrogens (tertiary/aromatic N) is 2. The molecule has 1 N–H and O–H groups in total. The van der Waals surface area contributed by atoms with Gasteiger partial charge in [0.2, 0.25) is 5.91 Å². The molecule has 2 rings (SSSR count). The monoisotopic (exact) mass is 283 g/mol. The molecule has 0 aromatic heterocycles. The van der Waals surface area contributed by atoms with Gasteiger partial charge in [-0.1, -0.05) is 0 Å². The second kappa shape index (κ2) is 7.96. The van der Waals surface area contributed by atoms with Crippen molar-refractivity contribution in [2.45, 2.75) is 44.2 Å². The lowest BCUT2D eigenvalue weighted by molar-refractivity contribution is -0.136. The molecule has 0 bridgehead atoms. The summed E-state index contributed by atoms with van der Waals surface area (Å²) in [6, 6.07) is 1.24. The summed E-state index contributed by atoms with van der Waals surface area (Å²) in [6.07, 6.45) is 5.97. The number of hydrogen-bond donors (Lipinski definition) is 1. The molecule has 2 heterocycles. The molecular formula is C15H29N3O2.